The Morgan fingerprint density at radius 3 is 2.17 bits per heavy atom. The Bertz CT molecular complexity index is 2090. The second-order valence-electron chi connectivity index (χ2n) is 10.0. The third-order valence-corrected chi connectivity index (χ3v) is 6.68. The van der Waals surface area contributed by atoms with Gasteiger partial charge in [-0.3, -0.25) is 14.4 Å². The molecule has 0 saturated heterocycles. The molecule has 46 heavy (non-hydrogen) atoms. The number of aryl methyl sites for hydroxylation is 1. The van der Waals surface area contributed by atoms with E-state index in [1.54, 1.807) is 25.1 Å². The number of amides is 2. The van der Waals surface area contributed by atoms with Crippen molar-refractivity contribution in [2.24, 2.45) is 0 Å². The Morgan fingerprint density at radius 2 is 1.48 bits per heavy atom. The van der Waals surface area contributed by atoms with E-state index >= 15 is 0 Å². The van der Waals surface area contributed by atoms with E-state index in [-0.39, 0.29) is 28.4 Å². The lowest BCUT2D eigenvalue weighted by Gasteiger charge is -2.16. The largest absolute Gasteiger partial charge is 0.416 e. The van der Waals surface area contributed by atoms with Crippen molar-refractivity contribution in [3.63, 3.8) is 0 Å². The molecule has 0 unspecified atom stereocenters. The summed E-state index contributed by atoms with van der Waals surface area (Å²) in [6.45, 7) is 1.78. The number of nitrogens with zero attached hydrogens (tertiary/aromatic N) is 1. The fraction of sp³-hybridized carbons (Fsp3) is 0.0909. The first-order chi connectivity index (χ1) is 21.7. The molecule has 0 aliphatic carbocycles. The van der Waals surface area contributed by atoms with Gasteiger partial charge in [0.05, 0.1) is 22.4 Å². The summed E-state index contributed by atoms with van der Waals surface area (Å²) in [7, 11) is 0. The number of nitrogens with one attached hydrogen (secondary N) is 3. The van der Waals surface area contributed by atoms with Crippen molar-refractivity contribution in [3.8, 4) is 11.8 Å². The number of halogens is 6. The van der Waals surface area contributed by atoms with E-state index in [0.29, 0.717) is 34.3 Å². The normalized spacial score (nSPS) is 11.5. The number of aromatic amines is 1. The van der Waals surface area contributed by atoms with Gasteiger partial charge < -0.3 is 15.6 Å². The van der Waals surface area contributed by atoms with E-state index < -0.39 is 41.0 Å². The molecule has 0 aliphatic heterocycles. The Labute approximate surface area is 256 Å². The average Bonchev–Trinajstić information content (AvgIpc) is 2.99. The second-order valence-corrected chi connectivity index (χ2v) is 10.0. The third-order valence-electron chi connectivity index (χ3n) is 6.68. The molecule has 13 heteroatoms. The van der Waals surface area contributed by atoms with Gasteiger partial charge >= 0.3 is 12.4 Å². The Balaban J connectivity index is 1.38. The maximum absolute atomic E-state index is 13.3. The van der Waals surface area contributed by atoms with Crippen molar-refractivity contribution >= 4 is 34.2 Å². The molecule has 0 atom stereocenters. The molecule has 0 saturated carbocycles. The van der Waals surface area contributed by atoms with Gasteiger partial charge in [0.25, 0.3) is 11.8 Å². The van der Waals surface area contributed by atoms with Crippen molar-refractivity contribution in [2.75, 3.05) is 10.6 Å². The van der Waals surface area contributed by atoms with Crippen LogP contribution in [-0.2, 0) is 12.4 Å². The number of para-hydroxylation sites is 1. The first kappa shape index (κ1) is 31.5. The molecule has 232 valence electrons. The molecule has 2 aromatic heterocycles. The van der Waals surface area contributed by atoms with Gasteiger partial charge in [0.2, 0.25) is 5.56 Å². The van der Waals surface area contributed by atoms with Crippen LogP contribution >= 0.6 is 0 Å². The molecule has 0 bridgehead atoms. The maximum atomic E-state index is 13.3. The van der Waals surface area contributed by atoms with E-state index in [1.807, 2.05) is 0 Å². The molecule has 3 N–H and O–H groups in total. The standard InChI is InChI=1S/C33H20F6N4O3/c1-18-6-8-22(13-20(18)9-7-19-12-21-10-11-28(44)43-29(21)40-17-19)30(45)42-27-5-3-2-4-26(27)31(46)41-25-15-23(32(34,35)36)14-24(16-25)33(37,38)39/h2-6,8,10-17H,1H3,(H,41,46)(H,42,45)(H,40,43,44). The summed E-state index contributed by atoms with van der Waals surface area (Å²) in [5.74, 6) is 4.25. The van der Waals surface area contributed by atoms with Gasteiger partial charge in [-0.05, 0) is 67.1 Å². The molecule has 0 aliphatic rings. The van der Waals surface area contributed by atoms with Crippen LogP contribution in [0.3, 0.4) is 0 Å². The number of hydrogen-bond donors (Lipinski definition) is 3. The van der Waals surface area contributed by atoms with Crippen LogP contribution in [0.5, 0.6) is 0 Å². The molecule has 5 rings (SSSR count). The number of fused-ring (bicyclic) bond motifs is 1. The molecule has 3 aromatic carbocycles. The second kappa shape index (κ2) is 12.2. The predicted molar refractivity (Wildman–Crippen MR) is 158 cm³/mol. The Hall–Kier alpha value is -5.90. The number of carbonyl (C=O) groups is 2. The van der Waals surface area contributed by atoms with Gasteiger partial charge in [0.15, 0.2) is 0 Å². The van der Waals surface area contributed by atoms with Gasteiger partial charge in [-0.2, -0.15) is 26.3 Å². The first-order valence-corrected chi connectivity index (χ1v) is 13.3. The van der Waals surface area contributed by atoms with Crippen molar-refractivity contribution in [1.29, 1.82) is 0 Å². The molecule has 0 spiro atoms. The number of pyridine rings is 2. The molecule has 7 nitrogen and oxygen atoms in total. The fourth-order valence-corrected chi connectivity index (χ4v) is 4.35. The van der Waals surface area contributed by atoms with Crippen LogP contribution in [-0.4, -0.2) is 21.8 Å². The molecule has 2 heterocycles. The number of H-pyrrole nitrogens is 1. The van der Waals surface area contributed by atoms with Gasteiger partial charge in [0, 0.05) is 40.0 Å². The van der Waals surface area contributed by atoms with Crippen molar-refractivity contribution in [3.05, 3.63) is 134 Å². The zero-order valence-corrected chi connectivity index (χ0v) is 23.5. The highest BCUT2D eigenvalue weighted by molar-refractivity contribution is 6.12. The summed E-state index contributed by atoms with van der Waals surface area (Å²) in [5, 5.41) is 5.31. The number of anilines is 2. The summed E-state index contributed by atoms with van der Waals surface area (Å²) < 4.78 is 79.6. The number of hydrogen-bond acceptors (Lipinski definition) is 4. The van der Waals surface area contributed by atoms with Crippen LogP contribution in [0.25, 0.3) is 11.0 Å². The summed E-state index contributed by atoms with van der Waals surface area (Å²) in [4.78, 5) is 44.5. The summed E-state index contributed by atoms with van der Waals surface area (Å²) >= 11 is 0. The van der Waals surface area contributed by atoms with E-state index in [2.05, 4.69) is 32.4 Å². The van der Waals surface area contributed by atoms with Crippen LogP contribution in [0.2, 0.25) is 0 Å². The smallest absolute Gasteiger partial charge is 0.322 e. The SMILES string of the molecule is Cc1ccc(C(=O)Nc2ccccc2C(=O)Nc2cc(C(F)(F)F)cc(C(F)(F)F)c2)cc1C#Cc1cnc2[nH]c(=O)ccc2c1. The highest BCUT2D eigenvalue weighted by Crippen LogP contribution is 2.37. The monoisotopic (exact) mass is 634 g/mol. The van der Waals surface area contributed by atoms with Gasteiger partial charge in [-0.25, -0.2) is 4.98 Å². The number of rotatable bonds is 4. The summed E-state index contributed by atoms with van der Waals surface area (Å²) in [6, 6.07) is 15.6. The predicted octanol–water partition coefficient (Wildman–Crippen LogP) is 7.17. The van der Waals surface area contributed by atoms with Gasteiger partial charge in [0.1, 0.15) is 5.65 Å². The third kappa shape index (κ3) is 7.24. The van der Waals surface area contributed by atoms with E-state index in [1.165, 1.54) is 48.7 Å². The zero-order chi connectivity index (χ0) is 33.2. The number of carbonyl (C=O) groups excluding carboxylic acids is 2. The molecule has 2 amide bonds. The van der Waals surface area contributed by atoms with Crippen LogP contribution in [0.4, 0.5) is 37.7 Å². The minimum Gasteiger partial charge on any atom is -0.322 e. The molecular weight excluding hydrogens is 614 g/mol. The zero-order valence-electron chi connectivity index (χ0n) is 23.5. The Kier molecular flexibility index (Phi) is 8.39. The van der Waals surface area contributed by atoms with Crippen LogP contribution < -0.4 is 16.2 Å². The van der Waals surface area contributed by atoms with Crippen molar-refractivity contribution in [1.82, 2.24) is 9.97 Å². The number of benzene rings is 3. The lowest BCUT2D eigenvalue weighted by Crippen LogP contribution is -2.19. The van der Waals surface area contributed by atoms with Gasteiger partial charge in [-0.1, -0.05) is 30.0 Å². The number of aromatic nitrogens is 2. The lowest BCUT2D eigenvalue weighted by atomic mass is 10.0. The quantitative estimate of drug-likeness (QED) is 0.144. The molecular formula is C33H20F6N4O3. The topological polar surface area (TPSA) is 104 Å². The maximum Gasteiger partial charge on any atom is 0.416 e. The minimum atomic E-state index is -5.10. The van der Waals surface area contributed by atoms with Crippen LogP contribution in [0.1, 0.15) is 48.5 Å². The van der Waals surface area contributed by atoms with Crippen LogP contribution in [0, 0.1) is 18.8 Å². The summed E-state index contributed by atoms with van der Waals surface area (Å²) in [5.41, 5.74) is -2.08. The lowest BCUT2D eigenvalue weighted by molar-refractivity contribution is -0.143. The minimum absolute atomic E-state index is 0.0403. The molecule has 5 aromatic rings. The summed E-state index contributed by atoms with van der Waals surface area (Å²) in [6.07, 6.45) is -8.71. The van der Waals surface area contributed by atoms with E-state index in [0.717, 1.165) is 5.56 Å². The fourth-order valence-electron chi connectivity index (χ4n) is 4.35. The van der Waals surface area contributed by atoms with Crippen molar-refractivity contribution < 1.29 is 35.9 Å². The highest BCUT2D eigenvalue weighted by atomic mass is 19.4. The highest BCUT2D eigenvalue weighted by Gasteiger charge is 2.37. The number of alkyl halides is 6. The van der Waals surface area contributed by atoms with Gasteiger partial charge in [-0.15, -0.1) is 0 Å². The van der Waals surface area contributed by atoms with Crippen molar-refractivity contribution in [2.45, 2.75) is 19.3 Å². The Morgan fingerprint density at radius 1 is 0.783 bits per heavy atom. The van der Waals surface area contributed by atoms with E-state index in [4.69, 9.17) is 0 Å². The van der Waals surface area contributed by atoms with Crippen LogP contribution in [0.15, 0.2) is 89.9 Å². The average molecular weight is 635 g/mol. The van der Waals surface area contributed by atoms with E-state index in [9.17, 15) is 40.7 Å². The molecule has 0 fully saturated rings. The first-order valence-electron chi connectivity index (χ1n) is 13.3. The molecule has 0 radical (unpaired) electrons.